The molecule has 0 atom stereocenters. The molecule has 0 amide bonds. The van der Waals surface area contributed by atoms with E-state index in [1.54, 1.807) is 6.07 Å². The van der Waals surface area contributed by atoms with Gasteiger partial charge in [-0.15, -0.1) is 0 Å². The minimum Gasteiger partial charge on any atom is -0.425 e. The molecule has 1 aliphatic carbocycles. The van der Waals surface area contributed by atoms with Crippen LogP contribution >= 0.6 is 0 Å². The molecule has 1 aromatic rings. The Bertz CT molecular complexity index is 601. The molecular weight excluding hydrogens is 212 g/mol. The fourth-order valence-electron chi connectivity index (χ4n) is 1.60. The number of rotatable bonds is 1. The molecule has 2 rings (SSSR count). The number of carbonyl (C=O) groups is 1. The normalized spacial score (nSPS) is 13.1. The minimum atomic E-state index is -0.507. The molecule has 0 radical (unpaired) electrons. The largest absolute Gasteiger partial charge is 0.425 e. The molecule has 0 aromatic heterocycles. The first-order chi connectivity index (χ1) is 7.89. The number of allylic oxidation sites excluding steroid dienone is 1. The Hall–Kier alpha value is -1.83. The highest BCUT2D eigenvalue weighted by molar-refractivity contribution is 5.78. The van der Waals surface area contributed by atoms with Crippen LogP contribution in [-0.2, 0) is 4.79 Å². The first kappa shape index (κ1) is 11.6. The van der Waals surface area contributed by atoms with Crippen LogP contribution in [0.15, 0.2) is 18.2 Å². The van der Waals surface area contributed by atoms with Crippen LogP contribution in [0.3, 0.4) is 0 Å². The Morgan fingerprint density at radius 1 is 1.29 bits per heavy atom. The summed E-state index contributed by atoms with van der Waals surface area (Å²) in [4.78, 5) is 11.8. The second-order valence-electron chi connectivity index (χ2n) is 5.21. The molecule has 0 bridgehead atoms. The third kappa shape index (κ3) is 2.16. The first-order valence-electron chi connectivity index (χ1n) is 5.62. The van der Waals surface area contributed by atoms with E-state index in [9.17, 15) is 4.79 Å². The number of benzene rings is 1. The lowest BCUT2D eigenvalue weighted by Gasteiger charge is -2.16. The van der Waals surface area contributed by atoms with E-state index in [1.165, 1.54) is 0 Å². The molecule has 0 aliphatic heterocycles. The molecule has 0 saturated heterocycles. The zero-order chi connectivity index (χ0) is 12.6. The highest BCUT2D eigenvalue weighted by Crippen LogP contribution is 2.17. The van der Waals surface area contributed by atoms with Crippen LogP contribution in [-0.4, -0.2) is 5.97 Å². The lowest BCUT2D eigenvalue weighted by Crippen LogP contribution is -2.32. The van der Waals surface area contributed by atoms with Gasteiger partial charge in [-0.2, -0.15) is 0 Å². The number of fused-ring (bicyclic) bond motifs is 1. The van der Waals surface area contributed by atoms with Crippen molar-refractivity contribution in [3.8, 4) is 5.75 Å². The molecule has 0 spiro atoms. The number of carbonyl (C=O) groups excluding carboxylic acids is 1. The molecule has 2 heteroatoms. The van der Waals surface area contributed by atoms with Crippen LogP contribution in [0.2, 0.25) is 0 Å². The Kier molecular flexibility index (Phi) is 2.66. The predicted octanol–water partition coefficient (Wildman–Crippen LogP) is 1.86. The molecule has 1 aliphatic rings. The summed E-state index contributed by atoms with van der Waals surface area (Å²) in [6.07, 6.45) is 5.96. The van der Waals surface area contributed by atoms with E-state index in [1.807, 2.05) is 45.1 Å². The van der Waals surface area contributed by atoms with Crippen molar-refractivity contribution >= 4 is 24.7 Å². The smallest absolute Gasteiger partial charge is 0.316 e. The van der Waals surface area contributed by atoms with Gasteiger partial charge in [-0.1, -0.05) is 30.9 Å². The highest BCUT2D eigenvalue weighted by atomic mass is 16.5. The Morgan fingerprint density at radius 3 is 2.65 bits per heavy atom. The summed E-state index contributed by atoms with van der Waals surface area (Å²) in [5, 5.41) is 1.80. The van der Waals surface area contributed by atoms with Gasteiger partial charge in [-0.25, -0.2) is 0 Å². The van der Waals surface area contributed by atoms with Crippen molar-refractivity contribution in [3.05, 3.63) is 34.2 Å². The summed E-state index contributed by atoms with van der Waals surface area (Å²) in [6.45, 7) is 9.48. The summed E-state index contributed by atoms with van der Waals surface area (Å²) >= 11 is 0. The highest BCUT2D eigenvalue weighted by Gasteiger charge is 2.24. The van der Waals surface area contributed by atoms with Crippen LogP contribution < -0.4 is 15.2 Å². The SMILES string of the molecule is C=c1c(OC(=O)C(C)(C)C)ccc2c1=CC=C2. The molecule has 0 N–H and O–H groups in total. The number of ether oxygens (including phenoxy) is 1. The monoisotopic (exact) mass is 228 g/mol. The Morgan fingerprint density at radius 2 is 2.00 bits per heavy atom. The van der Waals surface area contributed by atoms with E-state index in [-0.39, 0.29) is 5.97 Å². The fraction of sp³-hybridized carbons (Fsp3) is 0.267. The lowest BCUT2D eigenvalue weighted by molar-refractivity contribution is -0.143. The summed E-state index contributed by atoms with van der Waals surface area (Å²) < 4.78 is 5.39. The van der Waals surface area contributed by atoms with Crippen molar-refractivity contribution in [3.63, 3.8) is 0 Å². The zero-order valence-electron chi connectivity index (χ0n) is 10.4. The quantitative estimate of drug-likeness (QED) is 0.541. The molecule has 2 nitrogen and oxygen atoms in total. The van der Waals surface area contributed by atoms with E-state index in [4.69, 9.17) is 4.74 Å². The maximum Gasteiger partial charge on any atom is 0.316 e. The zero-order valence-corrected chi connectivity index (χ0v) is 10.4. The van der Waals surface area contributed by atoms with Crippen LogP contribution in [0, 0.1) is 5.41 Å². The summed E-state index contributed by atoms with van der Waals surface area (Å²) in [5.74, 6) is 0.303. The van der Waals surface area contributed by atoms with E-state index in [2.05, 4.69) is 6.58 Å². The third-order valence-electron chi connectivity index (χ3n) is 2.70. The second-order valence-corrected chi connectivity index (χ2v) is 5.21. The van der Waals surface area contributed by atoms with E-state index >= 15 is 0 Å². The Balaban J connectivity index is 2.38. The molecular formula is C15H16O2. The molecule has 0 unspecified atom stereocenters. The molecule has 1 aromatic carbocycles. The summed E-state index contributed by atoms with van der Waals surface area (Å²) in [7, 11) is 0. The topological polar surface area (TPSA) is 26.3 Å². The average molecular weight is 228 g/mol. The van der Waals surface area contributed by atoms with Gasteiger partial charge < -0.3 is 4.74 Å². The van der Waals surface area contributed by atoms with Gasteiger partial charge in [0, 0.05) is 5.22 Å². The molecule has 0 heterocycles. The van der Waals surface area contributed by atoms with Crippen LogP contribution in [0.25, 0.3) is 18.7 Å². The molecule has 0 saturated carbocycles. The molecule has 88 valence electrons. The molecule has 0 fully saturated rings. The maximum absolute atomic E-state index is 11.8. The van der Waals surface area contributed by atoms with Crippen LogP contribution in [0.1, 0.15) is 26.3 Å². The number of hydrogen-bond donors (Lipinski definition) is 0. The van der Waals surface area contributed by atoms with Gasteiger partial charge in [-0.05, 0) is 37.6 Å². The van der Waals surface area contributed by atoms with Crippen LogP contribution in [0.4, 0.5) is 0 Å². The van der Waals surface area contributed by atoms with Gasteiger partial charge in [0.2, 0.25) is 0 Å². The average Bonchev–Trinajstić information content (AvgIpc) is 2.69. The van der Waals surface area contributed by atoms with Crippen molar-refractivity contribution in [2.75, 3.05) is 0 Å². The first-order valence-corrected chi connectivity index (χ1v) is 5.62. The van der Waals surface area contributed by atoms with E-state index < -0.39 is 5.41 Å². The van der Waals surface area contributed by atoms with Gasteiger partial charge in [0.05, 0.1) is 5.41 Å². The van der Waals surface area contributed by atoms with E-state index in [0.29, 0.717) is 5.75 Å². The standard InChI is InChI=1S/C15H16O2/c1-10-12-7-5-6-11(12)8-9-13(10)17-14(16)15(2,3)4/h5-9H,1H2,2-4H3. The lowest BCUT2D eigenvalue weighted by atomic mass is 9.97. The second kappa shape index (κ2) is 3.88. The van der Waals surface area contributed by atoms with Gasteiger partial charge in [-0.3, -0.25) is 4.79 Å². The third-order valence-corrected chi connectivity index (χ3v) is 2.70. The molecule has 17 heavy (non-hydrogen) atoms. The van der Waals surface area contributed by atoms with Crippen LogP contribution in [0.5, 0.6) is 5.75 Å². The number of hydrogen-bond acceptors (Lipinski definition) is 2. The van der Waals surface area contributed by atoms with Gasteiger partial charge in [0.1, 0.15) is 5.75 Å². The van der Waals surface area contributed by atoms with Gasteiger partial charge in [0.15, 0.2) is 0 Å². The number of esters is 1. The maximum atomic E-state index is 11.8. The van der Waals surface area contributed by atoms with Gasteiger partial charge >= 0.3 is 5.97 Å². The van der Waals surface area contributed by atoms with Crippen molar-refractivity contribution in [2.45, 2.75) is 20.8 Å². The summed E-state index contributed by atoms with van der Waals surface area (Å²) in [5.41, 5.74) is 0.610. The van der Waals surface area contributed by atoms with E-state index in [0.717, 1.165) is 16.0 Å². The Labute approximate surface area is 101 Å². The van der Waals surface area contributed by atoms with Crippen molar-refractivity contribution in [1.29, 1.82) is 0 Å². The minimum absolute atomic E-state index is 0.242. The van der Waals surface area contributed by atoms with Crippen molar-refractivity contribution in [2.24, 2.45) is 5.41 Å². The summed E-state index contributed by atoms with van der Waals surface area (Å²) in [6, 6.07) is 3.74. The van der Waals surface area contributed by atoms with Crippen molar-refractivity contribution in [1.82, 2.24) is 0 Å². The fourth-order valence-corrected chi connectivity index (χ4v) is 1.60. The van der Waals surface area contributed by atoms with Gasteiger partial charge in [0.25, 0.3) is 0 Å². The van der Waals surface area contributed by atoms with Crippen molar-refractivity contribution < 1.29 is 9.53 Å². The predicted molar refractivity (Wildman–Crippen MR) is 69.8 cm³/mol.